The topological polar surface area (TPSA) is 202 Å². The van der Waals surface area contributed by atoms with Crippen molar-refractivity contribution < 1.29 is 52.5 Å². The second-order valence-corrected chi connectivity index (χ2v) is 17.6. The molecule has 0 bridgehead atoms. The van der Waals surface area contributed by atoms with E-state index in [0.29, 0.717) is 11.1 Å². The normalized spacial score (nSPS) is 24.8. The fourth-order valence-electron chi connectivity index (χ4n) is 7.14. The SMILES string of the molecule is CC(C)C[C@@H]1NC(=O)C(Cc2ccccc2)OC(=O)[C@H](CC(C)C)N(C)C(=O)C(C)OC(=O)CN(C)C(=O)C(Cc2ccccc2)OC(=O)[C@H](CC(C)C)N(C)C(=N)C(C)OC1=O. The molecule has 0 saturated carbocycles. The minimum atomic E-state index is -1.45. The first-order valence-electron chi connectivity index (χ1n) is 21.6. The Hall–Kier alpha value is -5.80. The van der Waals surface area contributed by atoms with Crippen LogP contribution in [0.1, 0.15) is 85.8 Å². The number of carbonyl (C=O) groups excluding carboxylic acids is 7. The van der Waals surface area contributed by atoms with Crippen molar-refractivity contribution in [3.8, 4) is 0 Å². The van der Waals surface area contributed by atoms with E-state index in [1.54, 1.807) is 60.7 Å². The largest absolute Gasteiger partial charge is 0.453 e. The maximum Gasteiger partial charge on any atom is 0.329 e. The number of amides is 3. The lowest BCUT2D eigenvalue weighted by atomic mass is 10.0. The van der Waals surface area contributed by atoms with E-state index in [0.717, 1.165) is 9.80 Å². The molecule has 2 N–H and O–H groups in total. The highest BCUT2D eigenvalue weighted by molar-refractivity contribution is 5.94. The number of rotatable bonds is 10. The molecule has 346 valence electrons. The lowest BCUT2D eigenvalue weighted by Gasteiger charge is -2.34. The van der Waals surface area contributed by atoms with E-state index in [9.17, 15) is 33.6 Å². The highest BCUT2D eigenvalue weighted by Crippen LogP contribution is 2.21. The van der Waals surface area contributed by atoms with Crippen molar-refractivity contribution in [3.05, 3.63) is 71.8 Å². The molecule has 0 radical (unpaired) electrons. The van der Waals surface area contributed by atoms with Gasteiger partial charge in [0.05, 0.1) is 0 Å². The van der Waals surface area contributed by atoms with Crippen LogP contribution in [0.25, 0.3) is 0 Å². The van der Waals surface area contributed by atoms with E-state index in [1.807, 2.05) is 41.5 Å². The lowest BCUT2D eigenvalue weighted by molar-refractivity contribution is -0.169. The zero-order valence-electron chi connectivity index (χ0n) is 38.6. The summed E-state index contributed by atoms with van der Waals surface area (Å²) in [4.78, 5) is 101. The Morgan fingerprint density at radius 3 is 1.54 bits per heavy atom. The van der Waals surface area contributed by atoms with Crippen molar-refractivity contribution in [2.24, 2.45) is 17.8 Å². The second kappa shape index (κ2) is 24.2. The minimum absolute atomic E-state index is 0.0451. The molecule has 1 aliphatic rings. The first kappa shape index (κ1) is 51.5. The third-order valence-electron chi connectivity index (χ3n) is 10.6. The number of likely N-dealkylation sites (N-methyl/N-ethyl adjacent to an activating group) is 3. The van der Waals surface area contributed by atoms with Gasteiger partial charge in [0.1, 0.15) is 30.5 Å². The quantitative estimate of drug-likeness (QED) is 0.253. The van der Waals surface area contributed by atoms with Gasteiger partial charge >= 0.3 is 23.9 Å². The number of ether oxygens (including phenoxy) is 4. The predicted molar refractivity (Wildman–Crippen MR) is 235 cm³/mol. The van der Waals surface area contributed by atoms with Gasteiger partial charge in [0.2, 0.25) is 0 Å². The van der Waals surface area contributed by atoms with Crippen LogP contribution >= 0.6 is 0 Å². The molecule has 1 heterocycles. The van der Waals surface area contributed by atoms with Crippen LogP contribution in [0, 0.1) is 23.2 Å². The van der Waals surface area contributed by atoms with E-state index in [4.69, 9.17) is 24.4 Å². The summed E-state index contributed by atoms with van der Waals surface area (Å²) in [7, 11) is 4.20. The van der Waals surface area contributed by atoms with Gasteiger partial charge in [-0.2, -0.15) is 0 Å². The van der Waals surface area contributed by atoms with Gasteiger partial charge in [-0.05, 0) is 62.0 Å². The van der Waals surface area contributed by atoms with Crippen molar-refractivity contribution >= 4 is 47.4 Å². The van der Waals surface area contributed by atoms with Crippen LogP contribution in [-0.2, 0) is 65.4 Å². The minimum Gasteiger partial charge on any atom is -0.453 e. The first-order valence-corrected chi connectivity index (χ1v) is 21.6. The summed E-state index contributed by atoms with van der Waals surface area (Å²) < 4.78 is 23.2. The smallest absolute Gasteiger partial charge is 0.329 e. The van der Waals surface area contributed by atoms with Crippen molar-refractivity contribution in [1.29, 1.82) is 5.41 Å². The Morgan fingerprint density at radius 2 is 1.05 bits per heavy atom. The molecule has 0 aliphatic carbocycles. The molecular formula is C47H67N5O11. The maximum atomic E-state index is 14.2. The summed E-state index contributed by atoms with van der Waals surface area (Å²) in [5.74, 6) is -6.34. The van der Waals surface area contributed by atoms with Gasteiger partial charge in [-0.25, -0.2) is 14.4 Å². The summed E-state index contributed by atoms with van der Waals surface area (Å²) in [5.41, 5.74) is 1.32. The number of carbonyl (C=O) groups is 7. The summed E-state index contributed by atoms with van der Waals surface area (Å²) in [6, 6.07) is 14.1. The summed E-state index contributed by atoms with van der Waals surface area (Å²) in [5, 5.41) is 11.8. The van der Waals surface area contributed by atoms with Crippen LogP contribution in [0.2, 0.25) is 0 Å². The van der Waals surface area contributed by atoms with E-state index >= 15 is 0 Å². The van der Waals surface area contributed by atoms with Crippen molar-refractivity contribution in [2.45, 2.75) is 130 Å². The zero-order valence-corrected chi connectivity index (χ0v) is 38.6. The van der Waals surface area contributed by atoms with E-state index < -0.39 is 90.7 Å². The van der Waals surface area contributed by atoms with Gasteiger partial charge in [-0.15, -0.1) is 0 Å². The van der Waals surface area contributed by atoms with Crippen LogP contribution < -0.4 is 5.32 Å². The Bertz CT molecular complexity index is 1890. The standard InChI is InChI=1S/C47H67N5O11/c1-28(2)22-35-45(57)61-31(7)41(48)51(10)36(23-29(3)4)46(58)63-39(26-34-20-16-13-17-21-34)44(56)50(9)27-40(53)60-32(8)43(55)52(11)37(24-30(5)6)47(59)62-38(42(54)49-35)25-33-18-14-12-15-19-33/h12-21,28-32,35-39,48H,22-27H2,1-11H3,(H,49,54)/t31?,32?,35-,36-,37-,38?,39?/m0/s1. The molecule has 3 rings (SSSR count). The molecule has 4 unspecified atom stereocenters. The van der Waals surface area contributed by atoms with Gasteiger partial charge in [0, 0.05) is 34.0 Å². The Morgan fingerprint density at radius 1 is 0.587 bits per heavy atom. The van der Waals surface area contributed by atoms with E-state index in [2.05, 4.69) is 5.32 Å². The zero-order chi connectivity index (χ0) is 47.1. The fourth-order valence-corrected chi connectivity index (χ4v) is 7.14. The molecule has 0 aromatic heterocycles. The molecule has 0 spiro atoms. The molecule has 16 heteroatoms. The lowest BCUT2D eigenvalue weighted by Crippen LogP contribution is -2.53. The molecule has 1 aliphatic heterocycles. The number of benzene rings is 2. The monoisotopic (exact) mass is 877 g/mol. The van der Waals surface area contributed by atoms with Crippen molar-refractivity contribution in [3.63, 3.8) is 0 Å². The van der Waals surface area contributed by atoms with Gasteiger partial charge in [0.15, 0.2) is 24.4 Å². The number of esters is 4. The molecular weight excluding hydrogens is 811 g/mol. The molecule has 16 nitrogen and oxygen atoms in total. The van der Waals surface area contributed by atoms with E-state index in [-0.39, 0.29) is 55.7 Å². The van der Waals surface area contributed by atoms with Crippen LogP contribution in [0.3, 0.4) is 0 Å². The Balaban J connectivity index is 2.12. The van der Waals surface area contributed by atoms with Crippen LogP contribution in [0.4, 0.5) is 0 Å². The van der Waals surface area contributed by atoms with Crippen LogP contribution in [0.15, 0.2) is 60.7 Å². The number of hydrogen-bond donors (Lipinski definition) is 2. The Labute approximate surface area is 371 Å². The van der Waals surface area contributed by atoms with Crippen LogP contribution in [0.5, 0.6) is 0 Å². The summed E-state index contributed by atoms with van der Waals surface area (Å²) >= 11 is 0. The average molecular weight is 878 g/mol. The molecule has 2 aromatic carbocycles. The number of nitrogens with zero attached hydrogens (tertiary/aromatic N) is 3. The van der Waals surface area contributed by atoms with Gasteiger partial charge in [-0.3, -0.25) is 24.6 Å². The number of nitrogens with one attached hydrogen (secondary N) is 2. The number of hydrogen-bond acceptors (Lipinski definition) is 12. The molecule has 2 aromatic rings. The highest BCUT2D eigenvalue weighted by atomic mass is 16.6. The molecule has 1 saturated heterocycles. The van der Waals surface area contributed by atoms with Gasteiger partial charge < -0.3 is 39.0 Å². The number of cyclic esters (lactones) is 4. The first-order chi connectivity index (χ1) is 29.6. The second-order valence-electron chi connectivity index (χ2n) is 17.6. The van der Waals surface area contributed by atoms with E-state index in [1.165, 1.54) is 39.9 Å². The molecule has 3 amide bonds. The van der Waals surface area contributed by atoms with Crippen LogP contribution in [-0.4, -0.2) is 132 Å². The fraction of sp³-hybridized carbons (Fsp3) is 0.574. The third kappa shape index (κ3) is 15.8. The molecule has 1 fully saturated rings. The number of amidine groups is 1. The Kier molecular flexibility index (Phi) is 19.8. The molecule has 63 heavy (non-hydrogen) atoms. The maximum absolute atomic E-state index is 14.2. The highest BCUT2D eigenvalue weighted by Gasteiger charge is 2.39. The third-order valence-corrected chi connectivity index (χ3v) is 10.6. The van der Waals surface area contributed by atoms with Crippen molar-refractivity contribution in [2.75, 3.05) is 27.7 Å². The average Bonchev–Trinajstić information content (AvgIpc) is 3.22. The summed E-state index contributed by atoms with van der Waals surface area (Å²) in [6.07, 6.45) is -5.16. The van der Waals surface area contributed by atoms with Gasteiger partial charge in [0.25, 0.3) is 17.7 Å². The van der Waals surface area contributed by atoms with Crippen molar-refractivity contribution in [1.82, 2.24) is 20.0 Å². The molecule has 7 atom stereocenters. The van der Waals surface area contributed by atoms with Gasteiger partial charge in [-0.1, -0.05) is 102 Å². The summed E-state index contributed by atoms with van der Waals surface area (Å²) in [6.45, 7) is 13.3. The predicted octanol–water partition coefficient (Wildman–Crippen LogP) is 4.36.